The van der Waals surface area contributed by atoms with Crippen LogP contribution in [0.1, 0.15) is 19.3 Å². The van der Waals surface area contributed by atoms with E-state index in [9.17, 15) is 0 Å². The third kappa shape index (κ3) is 4.89. The highest BCUT2D eigenvalue weighted by atomic mass is 35.5. The largest absolute Gasteiger partial charge is 0.383 e. The maximum atomic E-state index is 6.06. The van der Waals surface area contributed by atoms with Crippen LogP contribution in [0.3, 0.4) is 0 Å². The van der Waals surface area contributed by atoms with E-state index in [2.05, 4.69) is 38.7 Å². The maximum absolute atomic E-state index is 6.06. The summed E-state index contributed by atoms with van der Waals surface area (Å²) in [5.74, 6) is 0. The molecule has 0 unspecified atom stereocenters. The van der Waals surface area contributed by atoms with E-state index in [1.54, 1.807) is 0 Å². The van der Waals surface area contributed by atoms with E-state index in [4.69, 9.17) is 11.6 Å². The van der Waals surface area contributed by atoms with Gasteiger partial charge in [-0.2, -0.15) is 0 Å². The number of aromatic nitrogens is 1. The lowest BCUT2D eigenvalue weighted by atomic mass is 10.0. The monoisotopic (exact) mass is 382 g/mol. The van der Waals surface area contributed by atoms with Crippen molar-refractivity contribution >= 4 is 28.2 Å². The molecular formula is C22H27ClN4. The Labute approximate surface area is 166 Å². The molecule has 5 heteroatoms. The first-order valence-corrected chi connectivity index (χ1v) is 10.3. The highest BCUT2D eigenvalue weighted by Crippen LogP contribution is 2.24. The summed E-state index contributed by atoms with van der Waals surface area (Å²) in [5.41, 5.74) is 3.53. The van der Waals surface area contributed by atoms with Crippen LogP contribution in [0.25, 0.3) is 10.9 Å². The standard InChI is InChI=1S/C22H27ClN4/c23-18-5-6-20-21(7-10-25-22(20)15-18)26-12-11-24-19-8-13-27(14-9-19)16-17-3-1-2-4-17/h1,3-7,10,15,19,24H,2,8-9,11-14,16H2,(H,25,26). The summed E-state index contributed by atoms with van der Waals surface area (Å²) >= 11 is 6.06. The fraction of sp³-hybridized carbons (Fsp3) is 0.409. The Morgan fingerprint density at radius 2 is 2.04 bits per heavy atom. The molecule has 1 saturated heterocycles. The Kier molecular flexibility index (Phi) is 6.07. The molecule has 1 aromatic carbocycles. The van der Waals surface area contributed by atoms with Gasteiger partial charge in [-0.15, -0.1) is 0 Å². The van der Waals surface area contributed by atoms with Crippen LogP contribution in [-0.4, -0.2) is 48.6 Å². The highest BCUT2D eigenvalue weighted by Gasteiger charge is 2.19. The van der Waals surface area contributed by atoms with Crippen LogP contribution in [-0.2, 0) is 0 Å². The summed E-state index contributed by atoms with van der Waals surface area (Å²) in [4.78, 5) is 6.97. The van der Waals surface area contributed by atoms with Crippen molar-refractivity contribution in [2.45, 2.75) is 25.3 Å². The number of hydrogen-bond acceptors (Lipinski definition) is 4. The first-order chi connectivity index (χ1) is 13.3. The summed E-state index contributed by atoms with van der Waals surface area (Å²) in [5, 5.41) is 9.08. The zero-order valence-electron chi connectivity index (χ0n) is 15.6. The summed E-state index contributed by atoms with van der Waals surface area (Å²) < 4.78 is 0. The predicted octanol–water partition coefficient (Wildman–Crippen LogP) is 4.24. The Morgan fingerprint density at radius 3 is 2.85 bits per heavy atom. The van der Waals surface area contributed by atoms with Gasteiger partial charge in [0.1, 0.15) is 0 Å². The first kappa shape index (κ1) is 18.5. The Morgan fingerprint density at radius 1 is 1.15 bits per heavy atom. The number of likely N-dealkylation sites (tertiary alicyclic amines) is 1. The van der Waals surface area contributed by atoms with Gasteiger partial charge in [-0.25, -0.2) is 0 Å². The van der Waals surface area contributed by atoms with Gasteiger partial charge in [0.15, 0.2) is 0 Å². The van der Waals surface area contributed by atoms with Gasteiger partial charge in [0.25, 0.3) is 0 Å². The van der Waals surface area contributed by atoms with Crippen molar-refractivity contribution < 1.29 is 0 Å². The number of hydrogen-bond donors (Lipinski definition) is 2. The number of fused-ring (bicyclic) bond motifs is 1. The van der Waals surface area contributed by atoms with Crippen LogP contribution < -0.4 is 10.6 Å². The molecule has 2 heterocycles. The zero-order chi connectivity index (χ0) is 18.5. The van der Waals surface area contributed by atoms with Crippen molar-refractivity contribution in [3.8, 4) is 0 Å². The molecule has 0 spiro atoms. The molecule has 2 N–H and O–H groups in total. The van der Waals surface area contributed by atoms with E-state index in [0.29, 0.717) is 6.04 Å². The van der Waals surface area contributed by atoms with Gasteiger partial charge in [-0.05, 0) is 62.2 Å². The second-order valence-corrected chi connectivity index (χ2v) is 7.80. The van der Waals surface area contributed by atoms with Crippen molar-refractivity contribution in [3.63, 3.8) is 0 Å². The second-order valence-electron chi connectivity index (χ2n) is 7.37. The third-order valence-electron chi connectivity index (χ3n) is 5.42. The molecule has 142 valence electrons. The van der Waals surface area contributed by atoms with Crippen LogP contribution in [0.4, 0.5) is 5.69 Å². The van der Waals surface area contributed by atoms with Crippen molar-refractivity contribution in [2.24, 2.45) is 0 Å². The molecule has 4 rings (SSSR count). The second kappa shape index (κ2) is 8.87. The molecule has 0 bridgehead atoms. The fourth-order valence-electron chi connectivity index (χ4n) is 3.93. The minimum absolute atomic E-state index is 0.629. The molecule has 4 nitrogen and oxygen atoms in total. The molecule has 0 saturated carbocycles. The van der Waals surface area contributed by atoms with E-state index < -0.39 is 0 Å². The predicted molar refractivity (Wildman–Crippen MR) is 115 cm³/mol. The summed E-state index contributed by atoms with van der Waals surface area (Å²) in [6, 6.07) is 8.52. The molecule has 2 aromatic rings. The Hall–Kier alpha value is -1.88. The van der Waals surface area contributed by atoms with Crippen LogP contribution in [0.2, 0.25) is 5.02 Å². The zero-order valence-corrected chi connectivity index (χ0v) is 16.4. The number of anilines is 1. The summed E-state index contributed by atoms with van der Waals surface area (Å²) in [7, 11) is 0. The summed E-state index contributed by atoms with van der Waals surface area (Å²) in [6.07, 6.45) is 12.3. The van der Waals surface area contributed by atoms with Crippen LogP contribution in [0.5, 0.6) is 0 Å². The lowest BCUT2D eigenvalue weighted by molar-refractivity contribution is 0.214. The molecule has 2 aliphatic rings. The molecule has 0 atom stereocenters. The number of nitrogens with zero attached hydrogens (tertiary/aromatic N) is 2. The van der Waals surface area contributed by atoms with E-state index in [0.717, 1.165) is 47.7 Å². The Bertz CT molecular complexity index is 837. The normalized spacial score (nSPS) is 18.2. The lowest BCUT2D eigenvalue weighted by Crippen LogP contribution is -2.44. The van der Waals surface area contributed by atoms with Crippen LogP contribution >= 0.6 is 11.6 Å². The molecular weight excluding hydrogens is 356 g/mol. The number of nitrogens with one attached hydrogen (secondary N) is 2. The minimum Gasteiger partial charge on any atom is -0.383 e. The SMILES string of the molecule is Clc1ccc2c(NCCNC3CCN(CC4=CCC=C4)CC3)ccnc2c1. The first-order valence-electron chi connectivity index (χ1n) is 9.87. The van der Waals surface area contributed by atoms with Gasteiger partial charge < -0.3 is 10.6 Å². The van der Waals surface area contributed by atoms with Crippen molar-refractivity contribution in [1.29, 1.82) is 0 Å². The molecule has 27 heavy (non-hydrogen) atoms. The van der Waals surface area contributed by atoms with E-state index in [1.165, 1.54) is 31.5 Å². The summed E-state index contributed by atoms with van der Waals surface area (Å²) in [6.45, 7) is 5.36. The molecule has 1 fully saturated rings. The van der Waals surface area contributed by atoms with E-state index >= 15 is 0 Å². The molecule has 0 amide bonds. The van der Waals surface area contributed by atoms with Crippen molar-refractivity contribution in [2.75, 3.05) is 38.0 Å². The van der Waals surface area contributed by atoms with Gasteiger partial charge in [-0.1, -0.05) is 29.8 Å². The van der Waals surface area contributed by atoms with E-state index in [1.807, 2.05) is 30.5 Å². The smallest absolute Gasteiger partial charge is 0.0737 e. The van der Waals surface area contributed by atoms with Crippen molar-refractivity contribution in [3.05, 3.63) is 59.3 Å². The van der Waals surface area contributed by atoms with Gasteiger partial charge in [0.2, 0.25) is 0 Å². The number of allylic oxidation sites excluding steroid dienone is 2. The number of pyridine rings is 1. The molecule has 1 aromatic heterocycles. The third-order valence-corrected chi connectivity index (χ3v) is 5.66. The molecule has 1 aliphatic carbocycles. The average Bonchev–Trinajstić information content (AvgIpc) is 3.19. The van der Waals surface area contributed by atoms with Gasteiger partial charge >= 0.3 is 0 Å². The van der Waals surface area contributed by atoms with Gasteiger partial charge in [0, 0.05) is 48.0 Å². The van der Waals surface area contributed by atoms with Gasteiger partial charge in [0.05, 0.1) is 5.52 Å². The van der Waals surface area contributed by atoms with Gasteiger partial charge in [-0.3, -0.25) is 9.88 Å². The lowest BCUT2D eigenvalue weighted by Gasteiger charge is -2.32. The maximum Gasteiger partial charge on any atom is 0.0737 e. The number of rotatable bonds is 7. The highest BCUT2D eigenvalue weighted by molar-refractivity contribution is 6.31. The quantitative estimate of drug-likeness (QED) is 0.702. The number of benzene rings is 1. The van der Waals surface area contributed by atoms with Crippen LogP contribution in [0, 0.1) is 0 Å². The van der Waals surface area contributed by atoms with Crippen molar-refractivity contribution in [1.82, 2.24) is 15.2 Å². The molecule has 1 aliphatic heterocycles. The van der Waals surface area contributed by atoms with E-state index in [-0.39, 0.29) is 0 Å². The number of halogens is 1. The average molecular weight is 383 g/mol. The van der Waals surface area contributed by atoms with Crippen LogP contribution in [0.15, 0.2) is 54.3 Å². The molecule has 0 radical (unpaired) electrons. The topological polar surface area (TPSA) is 40.2 Å². The fourth-order valence-corrected chi connectivity index (χ4v) is 4.09. The Balaban J connectivity index is 1.19. The number of piperidine rings is 1. The minimum atomic E-state index is 0.629.